The zero-order chi connectivity index (χ0) is 18.8. The van der Waals surface area contributed by atoms with E-state index in [4.69, 9.17) is 5.11 Å². The summed E-state index contributed by atoms with van der Waals surface area (Å²) >= 11 is 0. The van der Waals surface area contributed by atoms with Crippen molar-refractivity contribution in [3.05, 3.63) is 42.2 Å². The quantitative estimate of drug-likeness (QED) is 0.728. The lowest BCUT2D eigenvalue weighted by Crippen LogP contribution is -2.55. The second-order valence-electron chi connectivity index (χ2n) is 7.46. The van der Waals surface area contributed by atoms with E-state index in [1.54, 1.807) is 29.2 Å². The molecule has 2 aromatic rings. The zero-order valence-corrected chi connectivity index (χ0v) is 15.0. The predicted octanol–water partition coefficient (Wildman–Crippen LogP) is 1.32. The van der Waals surface area contributed by atoms with E-state index in [0.717, 1.165) is 25.1 Å². The molecule has 27 heavy (non-hydrogen) atoms. The van der Waals surface area contributed by atoms with Crippen molar-refractivity contribution in [3.63, 3.8) is 0 Å². The van der Waals surface area contributed by atoms with Gasteiger partial charge in [0.25, 0.3) is 5.91 Å². The first-order valence-corrected chi connectivity index (χ1v) is 9.32. The van der Waals surface area contributed by atoms with Crippen LogP contribution in [0.1, 0.15) is 36.0 Å². The smallest absolute Gasteiger partial charge is 0.317 e. The van der Waals surface area contributed by atoms with Crippen LogP contribution in [0.15, 0.2) is 36.7 Å². The summed E-state index contributed by atoms with van der Waals surface area (Å²) in [5.74, 6) is -0.252. The molecule has 0 bridgehead atoms. The molecule has 2 aliphatic carbocycles. The summed E-state index contributed by atoms with van der Waals surface area (Å²) in [4.78, 5) is 25.7. The molecular weight excluding hydrogens is 346 g/mol. The van der Waals surface area contributed by atoms with Crippen LogP contribution in [0.3, 0.4) is 0 Å². The fraction of sp³-hybridized carbons (Fsp3) is 0.474. The molecular formula is C19H23N5O3. The van der Waals surface area contributed by atoms with Gasteiger partial charge in [-0.25, -0.2) is 4.68 Å². The minimum absolute atomic E-state index is 0.0851. The number of amides is 1. The van der Waals surface area contributed by atoms with Gasteiger partial charge < -0.3 is 10.4 Å². The Kier molecular flexibility index (Phi) is 4.89. The maximum atomic E-state index is 12.5. The molecule has 1 heterocycles. The summed E-state index contributed by atoms with van der Waals surface area (Å²) in [5, 5.41) is 19.9. The Morgan fingerprint density at radius 3 is 2.78 bits per heavy atom. The number of carboxylic acids is 1. The van der Waals surface area contributed by atoms with Crippen LogP contribution in [0, 0.1) is 5.92 Å². The van der Waals surface area contributed by atoms with Gasteiger partial charge in [0.05, 0.1) is 24.6 Å². The number of carbonyl (C=O) groups excluding carboxylic acids is 1. The molecule has 2 N–H and O–H groups in total. The van der Waals surface area contributed by atoms with Crippen molar-refractivity contribution in [3.8, 4) is 5.69 Å². The first kappa shape index (κ1) is 17.7. The standard InChI is InChI=1S/C19H23N5O3/c25-18(26)12-23(11-13-4-5-13)17-9-15(10-17)21-19(27)14-2-1-3-16(8-14)24-7-6-20-22-24/h1-3,6-8,13,15,17H,4-5,9-12H2,(H,21,27)(H,25,26). The van der Waals surface area contributed by atoms with Crippen molar-refractivity contribution in [2.24, 2.45) is 5.92 Å². The van der Waals surface area contributed by atoms with E-state index in [2.05, 4.69) is 20.5 Å². The SMILES string of the molecule is O=C(O)CN(CC1CC1)C1CC(NC(=O)c2cccc(-n3ccnn3)c2)C1. The summed E-state index contributed by atoms with van der Waals surface area (Å²) in [6.45, 7) is 0.944. The van der Waals surface area contributed by atoms with E-state index in [-0.39, 0.29) is 24.5 Å². The number of aliphatic carboxylic acids is 1. The van der Waals surface area contributed by atoms with E-state index in [9.17, 15) is 9.59 Å². The predicted molar refractivity (Wildman–Crippen MR) is 97.6 cm³/mol. The molecule has 0 unspecified atom stereocenters. The topological polar surface area (TPSA) is 100 Å². The largest absolute Gasteiger partial charge is 0.480 e. The minimum Gasteiger partial charge on any atom is -0.480 e. The molecule has 0 aliphatic heterocycles. The second kappa shape index (κ2) is 7.48. The fourth-order valence-electron chi connectivity index (χ4n) is 3.56. The van der Waals surface area contributed by atoms with Crippen LogP contribution in [0.5, 0.6) is 0 Å². The third-order valence-corrected chi connectivity index (χ3v) is 5.29. The lowest BCUT2D eigenvalue weighted by atomic mass is 9.85. The number of carboxylic acid groups (broad SMARTS) is 1. The number of rotatable bonds is 8. The van der Waals surface area contributed by atoms with E-state index >= 15 is 0 Å². The Hall–Kier alpha value is -2.74. The highest BCUT2D eigenvalue weighted by Crippen LogP contribution is 2.33. The van der Waals surface area contributed by atoms with Gasteiger partial charge in [-0.1, -0.05) is 11.3 Å². The first-order valence-electron chi connectivity index (χ1n) is 9.32. The monoisotopic (exact) mass is 369 g/mol. The molecule has 2 aliphatic rings. The highest BCUT2D eigenvalue weighted by Gasteiger charge is 2.37. The Morgan fingerprint density at radius 2 is 2.11 bits per heavy atom. The van der Waals surface area contributed by atoms with E-state index < -0.39 is 5.97 Å². The van der Waals surface area contributed by atoms with E-state index in [1.165, 1.54) is 12.8 Å². The third kappa shape index (κ3) is 4.33. The molecule has 1 amide bonds. The number of nitrogens with one attached hydrogen (secondary N) is 1. The Balaban J connectivity index is 1.32. The lowest BCUT2D eigenvalue weighted by Gasteiger charge is -2.42. The first-order chi connectivity index (χ1) is 13.1. The molecule has 4 rings (SSSR count). The molecule has 8 nitrogen and oxygen atoms in total. The molecule has 0 radical (unpaired) electrons. The number of nitrogens with zero attached hydrogens (tertiary/aromatic N) is 4. The van der Waals surface area contributed by atoms with Gasteiger partial charge in [0.2, 0.25) is 0 Å². The second-order valence-corrected chi connectivity index (χ2v) is 7.46. The Morgan fingerprint density at radius 1 is 1.30 bits per heavy atom. The molecule has 142 valence electrons. The number of benzene rings is 1. The summed E-state index contributed by atoms with van der Waals surface area (Å²) in [6, 6.07) is 7.58. The van der Waals surface area contributed by atoms with Gasteiger partial charge in [-0.2, -0.15) is 0 Å². The van der Waals surface area contributed by atoms with Crippen LogP contribution in [0.4, 0.5) is 0 Å². The molecule has 2 fully saturated rings. The maximum absolute atomic E-state index is 12.5. The van der Waals surface area contributed by atoms with Gasteiger partial charge in [-0.05, 0) is 49.8 Å². The Labute approximate surface area is 157 Å². The summed E-state index contributed by atoms with van der Waals surface area (Å²) in [7, 11) is 0. The van der Waals surface area contributed by atoms with Crippen molar-refractivity contribution in [2.75, 3.05) is 13.1 Å². The molecule has 0 saturated heterocycles. The van der Waals surface area contributed by atoms with Crippen LogP contribution in [-0.4, -0.2) is 62.0 Å². The minimum atomic E-state index is -0.784. The number of aromatic nitrogens is 3. The average molecular weight is 369 g/mol. The van der Waals surface area contributed by atoms with Gasteiger partial charge in [0.15, 0.2) is 0 Å². The van der Waals surface area contributed by atoms with Crippen molar-refractivity contribution < 1.29 is 14.7 Å². The van der Waals surface area contributed by atoms with Gasteiger partial charge in [-0.15, -0.1) is 5.10 Å². The maximum Gasteiger partial charge on any atom is 0.317 e. The fourth-order valence-corrected chi connectivity index (χ4v) is 3.56. The molecule has 0 atom stereocenters. The summed E-state index contributed by atoms with van der Waals surface area (Å²) in [5.41, 5.74) is 1.36. The van der Waals surface area contributed by atoms with Crippen LogP contribution in [-0.2, 0) is 4.79 Å². The number of hydrogen-bond donors (Lipinski definition) is 2. The molecule has 1 aromatic carbocycles. The summed E-state index contributed by atoms with van der Waals surface area (Å²) < 4.78 is 1.61. The lowest BCUT2D eigenvalue weighted by molar-refractivity contribution is -0.139. The normalized spacial score (nSPS) is 21.7. The van der Waals surface area contributed by atoms with Gasteiger partial charge in [0.1, 0.15) is 0 Å². The number of hydrogen-bond acceptors (Lipinski definition) is 5. The van der Waals surface area contributed by atoms with Crippen LogP contribution < -0.4 is 5.32 Å². The Bertz CT molecular complexity index is 813. The van der Waals surface area contributed by atoms with Crippen molar-refractivity contribution in [1.29, 1.82) is 0 Å². The van der Waals surface area contributed by atoms with Crippen molar-refractivity contribution in [1.82, 2.24) is 25.2 Å². The molecule has 8 heteroatoms. The highest BCUT2D eigenvalue weighted by atomic mass is 16.4. The highest BCUT2D eigenvalue weighted by molar-refractivity contribution is 5.95. The van der Waals surface area contributed by atoms with Crippen LogP contribution in [0.2, 0.25) is 0 Å². The third-order valence-electron chi connectivity index (χ3n) is 5.29. The molecule has 1 aromatic heterocycles. The van der Waals surface area contributed by atoms with Gasteiger partial charge in [0, 0.05) is 24.2 Å². The van der Waals surface area contributed by atoms with Crippen LogP contribution >= 0.6 is 0 Å². The van der Waals surface area contributed by atoms with E-state index in [1.807, 2.05) is 12.1 Å². The van der Waals surface area contributed by atoms with Crippen LogP contribution in [0.25, 0.3) is 5.69 Å². The average Bonchev–Trinajstić information content (AvgIpc) is 3.25. The summed E-state index contributed by atoms with van der Waals surface area (Å²) in [6.07, 6.45) is 7.31. The zero-order valence-electron chi connectivity index (χ0n) is 15.0. The molecule has 0 spiro atoms. The van der Waals surface area contributed by atoms with E-state index in [0.29, 0.717) is 11.5 Å². The molecule has 2 saturated carbocycles. The van der Waals surface area contributed by atoms with Gasteiger partial charge >= 0.3 is 5.97 Å². The van der Waals surface area contributed by atoms with Gasteiger partial charge in [-0.3, -0.25) is 14.5 Å². The number of carbonyl (C=O) groups is 2. The van der Waals surface area contributed by atoms with Crippen molar-refractivity contribution >= 4 is 11.9 Å². The van der Waals surface area contributed by atoms with Crippen molar-refractivity contribution in [2.45, 2.75) is 37.8 Å².